The van der Waals surface area contributed by atoms with Gasteiger partial charge < -0.3 is 9.64 Å². The summed E-state index contributed by atoms with van der Waals surface area (Å²) < 4.78 is 5.62. The second-order valence-electron chi connectivity index (χ2n) is 7.53. The minimum Gasteiger partial charge on any atom is -0.381 e. The Morgan fingerprint density at radius 1 is 0.950 bits per heavy atom. The van der Waals surface area contributed by atoms with Crippen LogP contribution in [0, 0.1) is 5.92 Å². The zero-order valence-corrected chi connectivity index (χ0v) is 14.5. The van der Waals surface area contributed by atoms with Gasteiger partial charge in [-0.1, -0.05) is 13.8 Å². The highest BCUT2D eigenvalue weighted by Crippen LogP contribution is 2.16. The van der Waals surface area contributed by atoms with Gasteiger partial charge >= 0.3 is 0 Å². The lowest BCUT2D eigenvalue weighted by Crippen LogP contribution is -2.53. The fourth-order valence-corrected chi connectivity index (χ4v) is 2.68. The van der Waals surface area contributed by atoms with E-state index in [2.05, 4.69) is 44.4 Å². The predicted molar refractivity (Wildman–Crippen MR) is 87.3 cm³/mol. The van der Waals surface area contributed by atoms with E-state index in [-0.39, 0.29) is 0 Å². The maximum Gasteiger partial charge on any atom is 0.0488 e. The fourth-order valence-electron chi connectivity index (χ4n) is 2.68. The molecule has 0 aromatic heterocycles. The molecule has 20 heavy (non-hydrogen) atoms. The molecule has 1 aliphatic rings. The Morgan fingerprint density at radius 3 is 2.15 bits per heavy atom. The van der Waals surface area contributed by atoms with Gasteiger partial charge in [-0.25, -0.2) is 0 Å². The zero-order valence-electron chi connectivity index (χ0n) is 14.5. The van der Waals surface area contributed by atoms with Gasteiger partial charge in [0.1, 0.15) is 0 Å². The number of ether oxygens (including phenoxy) is 1. The molecule has 0 bridgehead atoms. The van der Waals surface area contributed by atoms with Gasteiger partial charge in [-0.05, 0) is 52.5 Å². The van der Waals surface area contributed by atoms with Gasteiger partial charge in [0.15, 0.2) is 0 Å². The molecule has 0 N–H and O–H groups in total. The molecule has 1 saturated heterocycles. The van der Waals surface area contributed by atoms with Crippen LogP contribution in [0.25, 0.3) is 0 Å². The molecule has 0 amide bonds. The second-order valence-corrected chi connectivity index (χ2v) is 7.53. The first-order valence-corrected chi connectivity index (χ1v) is 8.45. The Bertz CT molecular complexity index is 240. The molecule has 1 heterocycles. The highest BCUT2D eigenvalue weighted by Gasteiger charge is 2.25. The van der Waals surface area contributed by atoms with Crippen LogP contribution in [0.5, 0.6) is 0 Å². The number of rotatable bonds is 8. The monoisotopic (exact) mass is 284 g/mol. The molecule has 0 spiro atoms. The summed E-state index contributed by atoms with van der Waals surface area (Å²) in [7, 11) is 0. The lowest BCUT2D eigenvalue weighted by Gasteiger charge is -2.42. The highest BCUT2D eigenvalue weighted by atomic mass is 16.5. The minimum absolute atomic E-state index is 0.333. The van der Waals surface area contributed by atoms with E-state index >= 15 is 0 Å². The van der Waals surface area contributed by atoms with Crippen molar-refractivity contribution in [2.24, 2.45) is 5.92 Å². The minimum atomic E-state index is 0.333. The van der Waals surface area contributed by atoms with E-state index in [0.29, 0.717) is 11.5 Å². The Hall–Kier alpha value is -0.120. The number of hydrogen-bond acceptors (Lipinski definition) is 3. The SMILES string of the molecule is CC(C)COCCCCCN1CCN(C(C)(C)C)CC1. The van der Waals surface area contributed by atoms with E-state index in [4.69, 9.17) is 4.74 Å². The molecular weight excluding hydrogens is 248 g/mol. The summed E-state index contributed by atoms with van der Waals surface area (Å²) in [5.74, 6) is 0.661. The standard InChI is InChI=1S/C17H36N2O/c1-16(2)15-20-14-8-6-7-9-18-10-12-19(13-11-18)17(3,4)5/h16H,6-15H2,1-5H3. The van der Waals surface area contributed by atoms with E-state index in [0.717, 1.165) is 13.2 Å². The van der Waals surface area contributed by atoms with E-state index in [1.165, 1.54) is 52.0 Å². The van der Waals surface area contributed by atoms with Crippen LogP contribution in [0.15, 0.2) is 0 Å². The van der Waals surface area contributed by atoms with Crippen molar-refractivity contribution in [1.29, 1.82) is 0 Å². The third-order valence-electron chi connectivity index (χ3n) is 4.04. The predicted octanol–water partition coefficient (Wildman–Crippen LogP) is 3.25. The molecule has 3 nitrogen and oxygen atoms in total. The Morgan fingerprint density at radius 2 is 1.60 bits per heavy atom. The van der Waals surface area contributed by atoms with Crippen LogP contribution in [0.4, 0.5) is 0 Å². The van der Waals surface area contributed by atoms with Crippen molar-refractivity contribution < 1.29 is 4.74 Å². The van der Waals surface area contributed by atoms with Gasteiger partial charge in [-0.2, -0.15) is 0 Å². The molecule has 0 saturated carbocycles. The van der Waals surface area contributed by atoms with Crippen molar-refractivity contribution in [2.45, 2.75) is 59.4 Å². The van der Waals surface area contributed by atoms with Gasteiger partial charge in [-0.15, -0.1) is 0 Å². The van der Waals surface area contributed by atoms with E-state index in [9.17, 15) is 0 Å². The third kappa shape index (κ3) is 7.61. The molecule has 0 aliphatic carbocycles. The summed E-state index contributed by atoms with van der Waals surface area (Å²) in [6.07, 6.45) is 3.84. The highest BCUT2D eigenvalue weighted by molar-refractivity contribution is 4.81. The molecule has 1 aliphatic heterocycles. The molecule has 3 heteroatoms. The van der Waals surface area contributed by atoms with E-state index in [1.807, 2.05) is 0 Å². The summed E-state index contributed by atoms with van der Waals surface area (Å²) in [4.78, 5) is 5.22. The lowest BCUT2D eigenvalue weighted by molar-refractivity contribution is 0.0608. The summed E-state index contributed by atoms with van der Waals surface area (Å²) in [5, 5.41) is 0. The first-order chi connectivity index (χ1) is 9.39. The van der Waals surface area contributed by atoms with Crippen molar-refractivity contribution in [1.82, 2.24) is 9.80 Å². The van der Waals surface area contributed by atoms with Crippen LogP contribution in [0.3, 0.4) is 0 Å². The van der Waals surface area contributed by atoms with Crippen molar-refractivity contribution >= 4 is 0 Å². The lowest BCUT2D eigenvalue weighted by atomic mass is 10.0. The maximum atomic E-state index is 5.62. The average Bonchev–Trinajstić information content (AvgIpc) is 2.37. The first kappa shape index (κ1) is 17.9. The molecule has 0 aromatic carbocycles. The molecule has 0 unspecified atom stereocenters. The molecular formula is C17H36N2O. The second kappa shape index (κ2) is 9.01. The van der Waals surface area contributed by atoms with Crippen molar-refractivity contribution in [3.63, 3.8) is 0 Å². The number of unbranched alkanes of at least 4 members (excludes halogenated alkanes) is 2. The Labute approximate surface area is 126 Å². The molecule has 120 valence electrons. The topological polar surface area (TPSA) is 15.7 Å². The summed E-state index contributed by atoms with van der Waals surface area (Å²) in [6.45, 7) is 19.4. The van der Waals surface area contributed by atoms with Gasteiger partial charge in [0.05, 0.1) is 0 Å². The summed E-state index contributed by atoms with van der Waals surface area (Å²) >= 11 is 0. The van der Waals surface area contributed by atoms with Gasteiger partial charge in [-0.3, -0.25) is 4.90 Å². The molecule has 0 atom stereocenters. The summed E-state index contributed by atoms with van der Waals surface area (Å²) in [6, 6.07) is 0. The smallest absolute Gasteiger partial charge is 0.0488 e. The van der Waals surface area contributed by atoms with Gasteiger partial charge in [0.25, 0.3) is 0 Å². The summed E-state index contributed by atoms with van der Waals surface area (Å²) in [5.41, 5.74) is 0.333. The van der Waals surface area contributed by atoms with Gasteiger partial charge in [0, 0.05) is 44.9 Å². The first-order valence-electron chi connectivity index (χ1n) is 8.45. The third-order valence-corrected chi connectivity index (χ3v) is 4.04. The Kier molecular flexibility index (Phi) is 8.08. The van der Waals surface area contributed by atoms with Crippen LogP contribution in [0.1, 0.15) is 53.9 Å². The normalized spacial score (nSPS) is 18.9. The molecule has 1 rings (SSSR count). The van der Waals surface area contributed by atoms with Crippen LogP contribution in [-0.2, 0) is 4.74 Å². The maximum absolute atomic E-state index is 5.62. The average molecular weight is 284 g/mol. The van der Waals surface area contributed by atoms with Crippen LogP contribution >= 0.6 is 0 Å². The Balaban J connectivity index is 1.97. The van der Waals surface area contributed by atoms with E-state index < -0.39 is 0 Å². The van der Waals surface area contributed by atoms with Crippen molar-refractivity contribution in [3.8, 4) is 0 Å². The van der Waals surface area contributed by atoms with Crippen LogP contribution < -0.4 is 0 Å². The fraction of sp³-hybridized carbons (Fsp3) is 1.00. The number of hydrogen-bond donors (Lipinski definition) is 0. The molecule has 0 aromatic rings. The molecule has 0 radical (unpaired) electrons. The van der Waals surface area contributed by atoms with Crippen LogP contribution in [-0.4, -0.2) is 61.3 Å². The van der Waals surface area contributed by atoms with Crippen molar-refractivity contribution in [2.75, 3.05) is 45.9 Å². The quantitative estimate of drug-likeness (QED) is 0.636. The molecule has 1 fully saturated rings. The van der Waals surface area contributed by atoms with Crippen LogP contribution in [0.2, 0.25) is 0 Å². The van der Waals surface area contributed by atoms with E-state index in [1.54, 1.807) is 0 Å². The largest absolute Gasteiger partial charge is 0.381 e. The number of nitrogens with zero attached hydrogens (tertiary/aromatic N) is 2. The zero-order chi connectivity index (χ0) is 15.0. The van der Waals surface area contributed by atoms with Gasteiger partial charge in [0.2, 0.25) is 0 Å². The number of piperazine rings is 1. The van der Waals surface area contributed by atoms with Crippen molar-refractivity contribution in [3.05, 3.63) is 0 Å².